The van der Waals surface area contributed by atoms with Crippen molar-refractivity contribution in [2.45, 2.75) is 38.3 Å². The molecular weight excluding hydrogens is 376 g/mol. The van der Waals surface area contributed by atoms with Crippen LogP contribution in [0.5, 0.6) is 0 Å². The molecule has 2 aromatic carbocycles. The summed E-state index contributed by atoms with van der Waals surface area (Å²) < 4.78 is 3.08. The van der Waals surface area contributed by atoms with Gasteiger partial charge in [0.05, 0.1) is 12.1 Å². The minimum atomic E-state index is 0.182. The maximum absolute atomic E-state index is 4.43. The first-order valence-electron chi connectivity index (χ1n) is 8.63. The zero-order chi connectivity index (χ0) is 17.4. The third kappa shape index (κ3) is 3.21. The summed E-state index contributed by atoms with van der Waals surface area (Å²) in [6, 6.07) is 17.8. The number of nitrogens with one attached hydrogen (secondary N) is 1. The zero-order valence-corrected chi connectivity index (χ0v) is 15.9. The number of halogens is 1. The number of nitrogens with zero attached hydrogens (tertiary/aromatic N) is 3. The van der Waals surface area contributed by atoms with Crippen molar-refractivity contribution in [2.24, 2.45) is 0 Å². The van der Waals surface area contributed by atoms with Crippen LogP contribution in [0.1, 0.15) is 55.0 Å². The van der Waals surface area contributed by atoms with Crippen LogP contribution in [0.2, 0.25) is 0 Å². The van der Waals surface area contributed by atoms with Crippen molar-refractivity contribution in [3.8, 4) is 0 Å². The molecule has 0 saturated heterocycles. The molecule has 3 aromatic rings. The molecule has 0 aliphatic carbocycles. The predicted octanol–water partition coefficient (Wildman–Crippen LogP) is 5.31. The molecule has 1 aliphatic heterocycles. The van der Waals surface area contributed by atoms with Crippen molar-refractivity contribution in [3.63, 3.8) is 0 Å². The summed E-state index contributed by atoms with van der Waals surface area (Å²) in [5.74, 6) is 1.38. The van der Waals surface area contributed by atoms with Crippen LogP contribution in [-0.2, 0) is 0 Å². The SMILES string of the molecule is CC(C)c1ccc([C@H]2C[C@@H](c3ccc(Br)cc3)n3ncnc3N2)cc1. The van der Waals surface area contributed by atoms with E-state index in [1.165, 1.54) is 16.7 Å². The van der Waals surface area contributed by atoms with Gasteiger partial charge in [0, 0.05) is 4.47 Å². The highest BCUT2D eigenvalue weighted by Crippen LogP contribution is 2.37. The van der Waals surface area contributed by atoms with Crippen LogP contribution in [0.25, 0.3) is 0 Å². The number of anilines is 1. The Kier molecular flexibility index (Phi) is 4.34. The van der Waals surface area contributed by atoms with Crippen molar-refractivity contribution < 1.29 is 0 Å². The van der Waals surface area contributed by atoms with Gasteiger partial charge in [-0.1, -0.05) is 66.2 Å². The number of benzene rings is 2. The smallest absolute Gasteiger partial charge is 0.222 e. The Labute approximate surface area is 156 Å². The van der Waals surface area contributed by atoms with Gasteiger partial charge < -0.3 is 5.32 Å². The van der Waals surface area contributed by atoms with Crippen LogP contribution in [-0.4, -0.2) is 14.8 Å². The second-order valence-electron chi connectivity index (χ2n) is 6.85. The Hall–Kier alpha value is -2.14. The lowest BCUT2D eigenvalue weighted by Crippen LogP contribution is -2.28. The van der Waals surface area contributed by atoms with Crippen LogP contribution in [0, 0.1) is 0 Å². The number of aromatic nitrogens is 3. The maximum atomic E-state index is 4.43. The summed E-state index contributed by atoms with van der Waals surface area (Å²) in [5.41, 5.74) is 3.91. The highest BCUT2D eigenvalue weighted by atomic mass is 79.9. The first-order valence-corrected chi connectivity index (χ1v) is 9.42. The van der Waals surface area contributed by atoms with E-state index in [1.807, 2.05) is 4.68 Å². The van der Waals surface area contributed by atoms with Crippen LogP contribution in [0.15, 0.2) is 59.3 Å². The molecule has 2 heterocycles. The van der Waals surface area contributed by atoms with Gasteiger partial charge >= 0.3 is 0 Å². The summed E-state index contributed by atoms with van der Waals surface area (Å²) in [5, 5.41) is 7.97. The van der Waals surface area contributed by atoms with Gasteiger partial charge in [-0.2, -0.15) is 10.1 Å². The predicted molar refractivity (Wildman–Crippen MR) is 104 cm³/mol. The second-order valence-corrected chi connectivity index (χ2v) is 7.77. The lowest BCUT2D eigenvalue weighted by Gasteiger charge is -2.32. The van der Waals surface area contributed by atoms with Crippen molar-refractivity contribution >= 4 is 21.9 Å². The molecule has 5 heteroatoms. The third-order valence-electron chi connectivity index (χ3n) is 4.89. The van der Waals surface area contributed by atoms with E-state index >= 15 is 0 Å². The fourth-order valence-corrected chi connectivity index (χ4v) is 3.68. The van der Waals surface area contributed by atoms with E-state index < -0.39 is 0 Å². The third-order valence-corrected chi connectivity index (χ3v) is 5.42. The summed E-state index contributed by atoms with van der Waals surface area (Å²) in [7, 11) is 0. The molecule has 0 fully saturated rings. The number of fused-ring (bicyclic) bond motifs is 1. The van der Waals surface area contributed by atoms with Gasteiger partial charge in [0.15, 0.2) is 0 Å². The van der Waals surface area contributed by atoms with Gasteiger partial charge in [0.1, 0.15) is 6.33 Å². The molecule has 0 spiro atoms. The highest BCUT2D eigenvalue weighted by molar-refractivity contribution is 9.10. The summed E-state index contributed by atoms with van der Waals surface area (Å²) in [6.45, 7) is 4.44. The Morgan fingerprint density at radius 3 is 2.40 bits per heavy atom. The Morgan fingerprint density at radius 2 is 1.72 bits per heavy atom. The molecule has 0 amide bonds. The summed E-state index contributed by atoms with van der Waals surface area (Å²) >= 11 is 3.51. The van der Waals surface area contributed by atoms with E-state index in [0.29, 0.717) is 5.92 Å². The van der Waals surface area contributed by atoms with Gasteiger partial charge in [-0.25, -0.2) is 4.68 Å². The normalized spacial score (nSPS) is 19.5. The average molecular weight is 397 g/mol. The molecule has 4 rings (SSSR count). The standard InChI is InChI=1S/C20H21BrN4/c1-13(2)14-3-5-15(6-4-14)18-11-19(16-7-9-17(21)10-8-16)25-20(24-18)22-12-23-25/h3-10,12-13,18-19H,11H2,1-2H3,(H,22,23,24)/t18-,19+/m1/s1. The lowest BCUT2D eigenvalue weighted by atomic mass is 9.92. The molecule has 128 valence electrons. The quantitative estimate of drug-likeness (QED) is 0.651. The van der Waals surface area contributed by atoms with E-state index in [2.05, 4.69) is 93.7 Å². The van der Waals surface area contributed by atoms with Crippen molar-refractivity contribution in [2.75, 3.05) is 5.32 Å². The molecule has 0 saturated carbocycles. The fraction of sp³-hybridized carbons (Fsp3) is 0.300. The summed E-state index contributed by atoms with van der Waals surface area (Å²) in [6.07, 6.45) is 2.57. The number of rotatable bonds is 3. The Balaban J connectivity index is 1.67. The molecule has 1 aromatic heterocycles. The molecule has 0 bridgehead atoms. The van der Waals surface area contributed by atoms with Gasteiger partial charge in [-0.05, 0) is 41.2 Å². The molecule has 25 heavy (non-hydrogen) atoms. The molecule has 0 radical (unpaired) electrons. The molecule has 1 N–H and O–H groups in total. The van der Waals surface area contributed by atoms with Gasteiger partial charge in [-0.15, -0.1) is 0 Å². The van der Waals surface area contributed by atoms with Crippen LogP contribution in [0.4, 0.5) is 5.95 Å². The molecule has 0 unspecified atom stereocenters. The largest absolute Gasteiger partial charge is 0.348 e. The average Bonchev–Trinajstić information content (AvgIpc) is 3.10. The lowest BCUT2D eigenvalue weighted by molar-refractivity contribution is 0.431. The van der Waals surface area contributed by atoms with Gasteiger partial charge in [0.2, 0.25) is 5.95 Å². The monoisotopic (exact) mass is 396 g/mol. The number of hydrogen-bond acceptors (Lipinski definition) is 3. The minimum absolute atomic E-state index is 0.182. The number of hydrogen-bond donors (Lipinski definition) is 1. The first kappa shape index (κ1) is 16.3. The van der Waals surface area contributed by atoms with Crippen LogP contribution in [0.3, 0.4) is 0 Å². The van der Waals surface area contributed by atoms with Crippen LogP contribution >= 0.6 is 15.9 Å². The van der Waals surface area contributed by atoms with E-state index in [9.17, 15) is 0 Å². The van der Waals surface area contributed by atoms with Crippen molar-refractivity contribution in [1.82, 2.24) is 14.8 Å². The molecule has 2 atom stereocenters. The van der Waals surface area contributed by atoms with Gasteiger partial charge in [0.25, 0.3) is 0 Å². The van der Waals surface area contributed by atoms with E-state index in [0.717, 1.165) is 16.8 Å². The highest BCUT2D eigenvalue weighted by Gasteiger charge is 2.29. The van der Waals surface area contributed by atoms with Crippen LogP contribution < -0.4 is 5.32 Å². The minimum Gasteiger partial charge on any atom is -0.348 e. The fourth-order valence-electron chi connectivity index (χ4n) is 3.41. The van der Waals surface area contributed by atoms with E-state index in [4.69, 9.17) is 0 Å². The zero-order valence-electron chi connectivity index (χ0n) is 14.4. The summed E-state index contributed by atoms with van der Waals surface area (Å²) in [4.78, 5) is 4.40. The topological polar surface area (TPSA) is 42.7 Å². The Morgan fingerprint density at radius 1 is 1.04 bits per heavy atom. The van der Waals surface area contributed by atoms with Gasteiger partial charge in [-0.3, -0.25) is 0 Å². The van der Waals surface area contributed by atoms with Crippen molar-refractivity contribution in [3.05, 3.63) is 76.0 Å². The molecule has 4 nitrogen and oxygen atoms in total. The first-order chi connectivity index (χ1) is 12.1. The van der Waals surface area contributed by atoms with E-state index in [-0.39, 0.29) is 12.1 Å². The van der Waals surface area contributed by atoms with E-state index in [1.54, 1.807) is 6.33 Å². The maximum Gasteiger partial charge on any atom is 0.222 e. The second kappa shape index (κ2) is 6.64. The molecule has 1 aliphatic rings. The molecular formula is C20H21BrN4. The van der Waals surface area contributed by atoms with Crippen molar-refractivity contribution in [1.29, 1.82) is 0 Å². The Bertz CT molecular complexity index is 852.